The predicted octanol–water partition coefficient (Wildman–Crippen LogP) is 3.66. The maximum Gasteiger partial charge on any atom is 0.287 e. The van der Waals surface area contributed by atoms with Gasteiger partial charge in [0.25, 0.3) is 5.91 Å². The summed E-state index contributed by atoms with van der Waals surface area (Å²) in [5, 5.41) is 2.79. The molecule has 0 atom stereocenters. The molecule has 0 spiro atoms. The first-order valence-corrected chi connectivity index (χ1v) is 8.31. The van der Waals surface area contributed by atoms with Crippen LogP contribution in [-0.2, 0) is 13.2 Å². The Morgan fingerprint density at radius 2 is 1.85 bits per heavy atom. The minimum atomic E-state index is -0.333. The number of hydrogen-bond donors (Lipinski definition) is 1. The van der Waals surface area contributed by atoms with Crippen LogP contribution in [0.4, 0.5) is 4.39 Å². The second-order valence-electron chi connectivity index (χ2n) is 5.88. The highest BCUT2D eigenvalue weighted by Crippen LogP contribution is 2.32. The molecule has 1 aromatic heterocycles. The highest BCUT2D eigenvalue weighted by Gasteiger charge is 2.15. The molecule has 0 saturated heterocycles. The quantitative estimate of drug-likeness (QED) is 0.718. The number of fused-ring (bicyclic) bond motifs is 1. The summed E-state index contributed by atoms with van der Waals surface area (Å²) in [5.41, 5.74) is 0.888. The number of carbonyl (C=O) groups is 1. The second-order valence-corrected chi connectivity index (χ2v) is 5.88. The lowest BCUT2D eigenvalue weighted by atomic mass is 10.2. The van der Waals surface area contributed by atoms with Gasteiger partial charge in [0.15, 0.2) is 17.3 Å². The first kappa shape index (κ1) is 17.0. The van der Waals surface area contributed by atoms with Crippen molar-refractivity contribution in [1.29, 1.82) is 0 Å². The molecule has 27 heavy (non-hydrogen) atoms. The van der Waals surface area contributed by atoms with E-state index >= 15 is 0 Å². The fourth-order valence-corrected chi connectivity index (χ4v) is 2.58. The zero-order valence-corrected chi connectivity index (χ0v) is 14.2. The van der Waals surface area contributed by atoms with Gasteiger partial charge in [-0.1, -0.05) is 6.07 Å². The van der Waals surface area contributed by atoms with Crippen LogP contribution in [0.3, 0.4) is 0 Å². The zero-order valence-electron chi connectivity index (χ0n) is 14.2. The monoisotopic (exact) mass is 369 g/mol. The summed E-state index contributed by atoms with van der Waals surface area (Å²) in [6, 6.07) is 14.4. The molecule has 0 fully saturated rings. The average molecular weight is 369 g/mol. The Labute approximate surface area is 154 Å². The second kappa shape index (κ2) is 7.41. The third-order valence-corrected chi connectivity index (χ3v) is 3.97. The Kier molecular flexibility index (Phi) is 4.65. The number of nitrogens with one attached hydrogen (secondary N) is 1. The third-order valence-electron chi connectivity index (χ3n) is 3.97. The molecule has 1 aliphatic rings. The number of furan rings is 1. The highest BCUT2D eigenvalue weighted by molar-refractivity contribution is 5.91. The topological polar surface area (TPSA) is 69.9 Å². The molecule has 1 amide bonds. The minimum Gasteiger partial charge on any atom is -0.486 e. The van der Waals surface area contributed by atoms with Crippen LogP contribution in [0.15, 0.2) is 59.0 Å². The summed E-state index contributed by atoms with van der Waals surface area (Å²) < 4.78 is 34.4. The Bertz CT molecular complexity index is 951. The number of halogens is 1. The van der Waals surface area contributed by atoms with E-state index in [1.165, 1.54) is 24.3 Å². The van der Waals surface area contributed by atoms with E-state index < -0.39 is 0 Å². The van der Waals surface area contributed by atoms with E-state index in [4.69, 9.17) is 18.6 Å². The number of benzene rings is 2. The maximum atomic E-state index is 12.9. The Morgan fingerprint density at radius 3 is 2.70 bits per heavy atom. The van der Waals surface area contributed by atoms with Crippen molar-refractivity contribution in [3.63, 3.8) is 0 Å². The van der Waals surface area contributed by atoms with Gasteiger partial charge in [-0.3, -0.25) is 4.79 Å². The summed E-state index contributed by atoms with van der Waals surface area (Å²) in [5.74, 6) is 1.90. The Balaban J connectivity index is 1.31. The van der Waals surface area contributed by atoms with Gasteiger partial charge >= 0.3 is 0 Å². The molecule has 0 saturated carbocycles. The van der Waals surface area contributed by atoms with Gasteiger partial charge in [0, 0.05) is 6.54 Å². The zero-order chi connectivity index (χ0) is 18.6. The van der Waals surface area contributed by atoms with Gasteiger partial charge in [0.05, 0.1) is 0 Å². The van der Waals surface area contributed by atoms with Crippen LogP contribution in [0.5, 0.6) is 17.2 Å². The van der Waals surface area contributed by atoms with Crippen molar-refractivity contribution < 1.29 is 27.8 Å². The summed E-state index contributed by atoms with van der Waals surface area (Å²) in [6.45, 7) is 0.680. The largest absolute Gasteiger partial charge is 0.486 e. The molecule has 1 N–H and O–H groups in total. The van der Waals surface area contributed by atoms with Crippen molar-refractivity contribution in [3.8, 4) is 17.2 Å². The fourth-order valence-electron chi connectivity index (χ4n) is 2.58. The molecule has 2 heterocycles. The molecule has 4 rings (SSSR count). The van der Waals surface area contributed by atoms with E-state index in [0.29, 0.717) is 29.6 Å². The van der Waals surface area contributed by atoms with Crippen molar-refractivity contribution in [2.75, 3.05) is 6.79 Å². The first-order valence-electron chi connectivity index (χ1n) is 8.31. The number of hydrogen-bond acceptors (Lipinski definition) is 5. The normalized spacial score (nSPS) is 12.0. The molecule has 138 valence electrons. The molecule has 0 radical (unpaired) electrons. The van der Waals surface area contributed by atoms with E-state index in [-0.39, 0.29) is 30.9 Å². The lowest BCUT2D eigenvalue weighted by molar-refractivity contribution is 0.0919. The molecule has 2 aromatic carbocycles. The van der Waals surface area contributed by atoms with Crippen molar-refractivity contribution in [3.05, 3.63) is 77.5 Å². The standard InChI is InChI=1S/C20H16FNO5/c21-14-2-4-15(5-3-14)24-11-16-6-8-18(27-16)20(23)22-10-13-1-7-17-19(9-13)26-12-25-17/h1-9H,10-12H2,(H,22,23). The Morgan fingerprint density at radius 1 is 1.04 bits per heavy atom. The van der Waals surface area contributed by atoms with E-state index in [2.05, 4.69) is 5.32 Å². The van der Waals surface area contributed by atoms with Crippen molar-refractivity contribution >= 4 is 5.91 Å². The summed E-state index contributed by atoms with van der Waals surface area (Å²) in [6.07, 6.45) is 0. The van der Waals surface area contributed by atoms with Crippen LogP contribution in [0.1, 0.15) is 21.9 Å². The lowest BCUT2D eigenvalue weighted by Crippen LogP contribution is -2.22. The van der Waals surface area contributed by atoms with Gasteiger partial charge in [-0.15, -0.1) is 0 Å². The van der Waals surface area contributed by atoms with E-state index in [1.807, 2.05) is 18.2 Å². The van der Waals surface area contributed by atoms with Crippen LogP contribution in [0.2, 0.25) is 0 Å². The lowest BCUT2D eigenvalue weighted by Gasteiger charge is -2.05. The van der Waals surface area contributed by atoms with E-state index in [9.17, 15) is 9.18 Å². The molecule has 0 aliphatic carbocycles. The molecule has 0 bridgehead atoms. The SMILES string of the molecule is O=C(NCc1ccc2c(c1)OCO2)c1ccc(COc2ccc(F)cc2)o1. The summed E-state index contributed by atoms with van der Waals surface area (Å²) >= 11 is 0. The molecule has 3 aromatic rings. The van der Waals surface area contributed by atoms with Crippen LogP contribution >= 0.6 is 0 Å². The molecule has 7 heteroatoms. The first-order chi connectivity index (χ1) is 13.2. The number of rotatable bonds is 6. The average Bonchev–Trinajstić information content (AvgIpc) is 3.34. The predicted molar refractivity (Wildman–Crippen MR) is 93.2 cm³/mol. The molecular formula is C20H16FNO5. The van der Waals surface area contributed by atoms with Crippen LogP contribution in [0, 0.1) is 5.82 Å². The molecule has 6 nitrogen and oxygen atoms in total. The van der Waals surface area contributed by atoms with Gasteiger partial charge < -0.3 is 23.9 Å². The number of amides is 1. The fraction of sp³-hybridized carbons (Fsp3) is 0.150. The summed E-state index contributed by atoms with van der Waals surface area (Å²) in [7, 11) is 0. The van der Waals surface area contributed by atoms with Gasteiger partial charge in [0.1, 0.15) is 23.9 Å². The van der Waals surface area contributed by atoms with Gasteiger partial charge in [-0.2, -0.15) is 0 Å². The van der Waals surface area contributed by atoms with Gasteiger partial charge in [0.2, 0.25) is 6.79 Å². The molecular weight excluding hydrogens is 353 g/mol. The van der Waals surface area contributed by atoms with Crippen molar-refractivity contribution in [2.45, 2.75) is 13.2 Å². The van der Waals surface area contributed by atoms with Crippen molar-refractivity contribution in [2.24, 2.45) is 0 Å². The maximum absolute atomic E-state index is 12.9. The molecule has 0 unspecified atom stereocenters. The molecule has 1 aliphatic heterocycles. The van der Waals surface area contributed by atoms with Crippen LogP contribution in [-0.4, -0.2) is 12.7 Å². The van der Waals surface area contributed by atoms with Gasteiger partial charge in [-0.05, 0) is 54.1 Å². The van der Waals surface area contributed by atoms with Crippen LogP contribution in [0.25, 0.3) is 0 Å². The number of ether oxygens (including phenoxy) is 3. The Hall–Kier alpha value is -3.48. The smallest absolute Gasteiger partial charge is 0.287 e. The minimum absolute atomic E-state index is 0.140. The third kappa shape index (κ3) is 4.03. The van der Waals surface area contributed by atoms with Gasteiger partial charge in [-0.25, -0.2) is 4.39 Å². The van der Waals surface area contributed by atoms with E-state index in [1.54, 1.807) is 12.1 Å². The number of carbonyl (C=O) groups excluding carboxylic acids is 1. The summed E-state index contributed by atoms with van der Waals surface area (Å²) in [4.78, 5) is 12.2. The van der Waals surface area contributed by atoms with E-state index in [0.717, 1.165) is 5.56 Å². The van der Waals surface area contributed by atoms with Crippen molar-refractivity contribution in [1.82, 2.24) is 5.32 Å². The highest BCUT2D eigenvalue weighted by atomic mass is 19.1. The van der Waals surface area contributed by atoms with Crippen LogP contribution < -0.4 is 19.5 Å².